The summed E-state index contributed by atoms with van der Waals surface area (Å²) in [4.78, 5) is 24.1. The number of aliphatic hydroxyl groups excluding tert-OH is 1. The third kappa shape index (κ3) is 3.15. The van der Waals surface area contributed by atoms with Gasteiger partial charge in [-0.2, -0.15) is 0 Å². The van der Waals surface area contributed by atoms with Crippen molar-refractivity contribution in [3.05, 3.63) is 29.3 Å². The first-order valence-corrected chi connectivity index (χ1v) is 6.09. The monoisotopic (exact) mass is 284 g/mol. The molecule has 6 nitrogen and oxygen atoms in total. The van der Waals surface area contributed by atoms with Gasteiger partial charge in [0.15, 0.2) is 0 Å². The van der Waals surface area contributed by atoms with Crippen LogP contribution in [0.15, 0.2) is 24.3 Å². The SMILES string of the molecule is O=C(O)[C@H]1C[C@@H](O)CN1C(=O)Nc1cccc(Cl)c1. The zero-order valence-corrected chi connectivity index (χ0v) is 10.7. The van der Waals surface area contributed by atoms with E-state index < -0.39 is 24.1 Å². The predicted molar refractivity (Wildman–Crippen MR) is 69.2 cm³/mol. The Kier molecular flexibility index (Phi) is 3.92. The van der Waals surface area contributed by atoms with Crippen molar-refractivity contribution in [3.8, 4) is 0 Å². The fraction of sp³-hybridized carbons (Fsp3) is 0.333. The zero-order valence-electron chi connectivity index (χ0n) is 9.91. The van der Waals surface area contributed by atoms with Gasteiger partial charge in [0.25, 0.3) is 0 Å². The number of carboxylic acids is 1. The van der Waals surface area contributed by atoms with Gasteiger partial charge in [-0.05, 0) is 18.2 Å². The largest absolute Gasteiger partial charge is 0.480 e. The molecule has 0 saturated carbocycles. The molecule has 2 atom stereocenters. The molecule has 0 radical (unpaired) electrons. The highest BCUT2D eigenvalue weighted by Gasteiger charge is 2.38. The number of carboxylic acid groups (broad SMARTS) is 1. The summed E-state index contributed by atoms with van der Waals surface area (Å²) in [6.45, 7) is 0.00334. The van der Waals surface area contributed by atoms with Crippen LogP contribution in [0.4, 0.5) is 10.5 Å². The lowest BCUT2D eigenvalue weighted by Crippen LogP contribution is -2.43. The molecular weight excluding hydrogens is 272 g/mol. The summed E-state index contributed by atoms with van der Waals surface area (Å²) < 4.78 is 0. The van der Waals surface area contributed by atoms with Gasteiger partial charge in [-0.1, -0.05) is 17.7 Å². The van der Waals surface area contributed by atoms with E-state index in [1.807, 2.05) is 0 Å². The minimum Gasteiger partial charge on any atom is -0.480 e. The number of nitrogens with one attached hydrogen (secondary N) is 1. The van der Waals surface area contributed by atoms with Crippen LogP contribution in [0.1, 0.15) is 6.42 Å². The first-order valence-electron chi connectivity index (χ1n) is 5.71. The van der Waals surface area contributed by atoms with Gasteiger partial charge in [0.05, 0.1) is 6.10 Å². The Morgan fingerprint density at radius 2 is 2.16 bits per heavy atom. The van der Waals surface area contributed by atoms with Crippen LogP contribution in [-0.2, 0) is 4.79 Å². The number of benzene rings is 1. The fourth-order valence-electron chi connectivity index (χ4n) is 2.03. The lowest BCUT2D eigenvalue weighted by molar-refractivity contribution is -0.141. The average Bonchev–Trinajstić information content (AvgIpc) is 2.71. The van der Waals surface area contributed by atoms with E-state index >= 15 is 0 Å². The highest BCUT2D eigenvalue weighted by atomic mass is 35.5. The van der Waals surface area contributed by atoms with Gasteiger partial charge in [0.1, 0.15) is 6.04 Å². The maximum absolute atomic E-state index is 12.0. The maximum atomic E-state index is 12.0. The molecule has 1 fully saturated rings. The highest BCUT2D eigenvalue weighted by molar-refractivity contribution is 6.30. The van der Waals surface area contributed by atoms with Crippen LogP contribution in [0.2, 0.25) is 5.02 Å². The molecule has 1 aliphatic heterocycles. The third-order valence-corrected chi connectivity index (χ3v) is 3.14. The molecule has 0 unspecified atom stereocenters. The molecule has 0 aromatic heterocycles. The zero-order chi connectivity index (χ0) is 14.0. The molecule has 3 N–H and O–H groups in total. The first-order chi connectivity index (χ1) is 8.97. The molecule has 0 aliphatic carbocycles. The summed E-state index contributed by atoms with van der Waals surface area (Å²) in [5.74, 6) is -1.13. The number of likely N-dealkylation sites (tertiary alicyclic amines) is 1. The minimum absolute atomic E-state index is 0.00334. The van der Waals surface area contributed by atoms with Crippen LogP contribution in [0.5, 0.6) is 0 Å². The summed E-state index contributed by atoms with van der Waals surface area (Å²) in [5.41, 5.74) is 0.475. The van der Waals surface area contributed by atoms with Gasteiger partial charge in [0, 0.05) is 23.7 Å². The quantitative estimate of drug-likeness (QED) is 0.765. The molecule has 1 aromatic carbocycles. The molecule has 1 saturated heterocycles. The van der Waals surface area contributed by atoms with Crippen LogP contribution in [0.25, 0.3) is 0 Å². The molecule has 1 heterocycles. The van der Waals surface area contributed by atoms with Gasteiger partial charge in [0.2, 0.25) is 0 Å². The number of anilines is 1. The Balaban J connectivity index is 2.09. The Bertz CT molecular complexity index is 508. The summed E-state index contributed by atoms with van der Waals surface area (Å²) in [5, 5.41) is 21.5. The lowest BCUT2D eigenvalue weighted by atomic mass is 10.2. The Morgan fingerprint density at radius 1 is 1.42 bits per heavy atom. The number of halogens is 1. The van der Waals surface area contributed by atoms with Gasteiger partial charge in [-0.25, -0.2) is 9.59 Å². The van der Waals surface area contributed by atoms with Crippen LogP contribution in [0, 0.1) is 0 Å². The number of aliphatic hydroxyl groups is 1. The van der Waals surface area contributed by atoms with Crippen molar-refractivity contribution in [3.63, 3.8) is 0 Å². The number of rotatable bonds is 2. The molecule has 7 heteroatoms. The Hall–Kier alpha value is -1.79. The number of amides is 2. The van der Waals surface area contributed by atoms with Crippen LogP contribution in [0.3, 0.4) is 0 Å². The first kappa shape index (κ1) is 13.6. The molecule has 0 spiro atoms. The van der Waals surface area contributed by atoms with Gasteiger partial charge in [-0.3, -0.25) is 0 Å². The van der Waals surface area contributed by atoms with Crippen molar-refractivity contribution in [1.29, 1.82) is 0 Å². The van der Waals surface area contributed by atoms with Crippen LogP contribution in [-0.4, -0.2) is 45.8 Å². The minimum atomic E-state index is -1.13. The number of carbonyl (C=O) groups excluding carboxylic acids is 1. The topological polar surface area (TPSA) is 89.9 Å². The molecule has 2 amide bonds. The maximum Gasteiger partial charge on any atom is 0.326 e. The van der Waals surface area contributed by atoms with E-state index in [2.05, 4.69) is 5.32 Å². The summed E-state index contributed by atoms with van der Waals surface area (Å²) in [7, 11) is 0. The Morgan fingerprint density at radius 3 is 2.79 bits per heavy atom. The van der Waals surface area contributed by atoms with Gasteiger partial charge >= 0.3 is 12.0 Å². The van der Waals surface area contributed by atoms with E-state index in [-0.39, 0.29) is 13.0 Å². The Labute approximate surface area is 114 Å². The number of hydrogen-bond acceptors (Lipinski definition) is 3. The number of hydrogen-bond donors (Lipinski definition) is 3. The lowest BCUT2D eigenvalue weighted by Gasteiger charge is -2.21. The standard InChI is InChI=1S/C12H13ClN2O4/c13-7-2-1-3-8(4-7)14-12(19)15-6-9(16)5-10(15)11(17)18/h1-4,9-10,16H,5-6H2,(H,14,19)(H,17,18)/t9-,10-/m1/s1. The highest BCUT2D eigenvalue weighted by Crippen LogP contribution is 2.21. The smallest absolute Gasteiger partial charge is 0.326 e. The van der Waals surface area contributed by atoms with Crippen molar-refractivity contribution < 1.29 is 19.8 Å². The second-order valence-electron chi connectivity index (χ2n) is 4.34. The second kappa shape index (κ2) is 5.46. The van der Waals surface area contributed by atoms with Crippen LogP contribution >= 0.6 is 11.6 Å². The molecule has 19 heavy (non-hydrogen) atoms. The number of aliphatic carboxylic acids is 1. The van der Waals surface area contributed by atoms with Gasteiger partial charge in [-0.15, -0.1) is 0 Å². The molecule has 2 rings (SSSR count). The molecule has 0 bridgehead atoms. The fourth-order valence-corrected chi connectivity index (χ4v) is 2.22. The van der Waals surface area contributed by atoms with Crippen molar-refractivity contribution in [2.75, 3.05) is 11.9 Å². The van der Waals surface area contributed by atoms with E-state index in [0.29, 0.717) is 10.7 Å². The summed E-state index contributed by atoms with van der Waals surface area (Å²) >= 11 is 5.79. The number of urea groups is 1. The average molecular weight is 285 g/mol. The number of β-amino-alcohol motifs (C(OH)–C–C–N with tert-alkyl or cyclic N) is 1. The molecule has 102 valence electrons. The van der Waals surface area contributed by atoms with Crippen LogP contribution < -0.4 is 5.32 Å². The van der Waals surface area contributed by atoms with E-state index in [0.717, 1.165) is 4.90 Å². The molecular formula is C12H13ClN2O4. The van der Waals surface area contributed by atoms with Gasteiger partial charge < -0.3 is 20.4 Å². The van der Waals surface area contributed by atoms with Crippen molar-refractivity contribution in [1.82, 2.24) is 4.90 Å². The third-order valence-electron chi connectivity index (χ3n) is 2.90. The summed E-state index contributed by atoms with van der Waals surface area (Å²) in [6.07, 6.45) is -0.774. The predicted octanol–water partition coefficient (Wildman–Crippen LogP) is 1.39. The summed E-state index contributed by atoms with van der Waals surface area (Å²) in [6, 6.07) is 4.97. The van der Waals surface area contributed by atoms with E-state index in [4.69, 9.17) is 16.7 Å². The van der Waals surface area contributed by atoms with E-state index in [1.165, 1.54) is 0 Å². The normalized spacial score (nSPS) is 22.3. The van der Waals surface area contributed by atoms with Crippen molar-refractivity contribution in [2.24, 2.45) is 0 Å². The number of nitrogens with zero attached hydrogens (tertiary/aromatic N) is 1. The molecule has 1 aromatic rings. The van der Waals surface area contributed by atoms with Crippen molar-refractivity contribution in [2.45, 2.75) is 18.6 Å². The van der Waals surface area contributed by atoms with E-state index in [9.17, 15) is 14.7 Å². The molecule has 1 aliphatic rings. The second-order valence-corrected chi connectivity index (χ2v) is 4.77. The number of carbonyl (C=O) groups is 2. The van der Waals surface area contributed by atoms with E-state index in [1.54, 1.807) is 24.3 Å². The van der Waals surface area contributed by atoms with Crippen molar-refractivity contribution >= 4 is 29.3 Å².